The van der Waals surface area contributed by atoms with Gasteiger partial charge in [0.15, 0.2) is 0 Å². The quantitative estimate of drug-likeness (QED) is 0.573. The number of halogens is 4. The number of hydrogen-bond donors (Lipinski definition) is 1. The van der Waals surface area contributed by atoms with Crippen LogP contribution in [0.15, 0.2) is 50.7 Å². The van der Waals surface area contributed by atoms with E-state index in [1.54, 1.807) is 0 Å². The molecule has 0 spiro atoms. The van der Waals surface area contributed by atoms with Crippen molar-refractivity contribution >= 4 is 60.9 Å². The zero-order chi connectivity index (χ0) is 20.4. The standard InChI is InChI=1S/C16H14BrClF2N2O3S2/c1-22(2)27(24,25)13-8-9(6-7-10(13)17)15(23)21-12-5-3-4-11(18)14(12)26-16(19)20/h3-8,16H,1-2H3,(H,21,23). The molecule has 5 nitrogen and oxygen atoms in total. The third-order valence-electron chi connectivity index (χ3n) is 3.37. The smallest absolute Gasteiger partial charge is 0.289 e. The number of hydrogen-bond acceptors (Lipinski definition) is 4. The molecule has 0 atom stereocenters. The van der Waals surface area contributed by atoms with Crippen molar-refractivity contribution in [3.05, 3.63) is 51.5 Å². The van der Waals surface area contributed by atoms with Crippen molar-refractivity contribution < 1.29 is 22.0 Å². The predicted octanol–water partition coefficient (Wildman–Crippen LogP) is 4.92. The fraction of sp³-hybridized carbons (Fsp3) is 0.188. The number of thioether (sulfide) groups is 1. The first-order chi connectivity index (χ1) is 12.5. The molecule has 0 saturated heterocycles. The zero-order valence-corrected chi connectivity index (χ0v) is 18.0. The molecule has 2 rings (SSSR count). The van der Waals surface area contributed by atoms with Gasteiger partial charge in [-0.25, -0.2) is 12.7 Å². The van der Waals surface area contributed by atoms with Gasteiger partial charge in [-0.1, -0.05) is 29.4 Å². The lowest BCUT2D eigenvalue weighted by molar-refractivity contribution is 0.102. The van der Waals surface area contributed by atoms with Crippen LogP contribution in [0, 0.1) is 0 Å². The Hall–Kier alpha value is -1.20. The van der Waals surface area contributed by atoms with Crippen LogP contribution in [-0.2, 0) is 10.0 Å². The van der Waals surface area contributed by atoms with Gasteiger partial charge in [0.25, 0.3) is 11.7 Å². The molecule has 0 aliphatic carbocycles. The van der Waals surface area contributed by atoms with Gasteiger partial charge in [-0.05, 0) is 46.3 Å². The number of benzene rings is 2. The Balaban J connectivity index is 2.40. The van der Waals surface area contributed by atoms with E-state index in [0.29, 0.717) is 4.47 Å². The summed E-state index contributed by atoms with van der Waals surface area (Å²) in [4.78, 5) is 12.5. The second kappa shape index (κ2) is 8.87. The highest BCUT2D eigenvalue weighted by Gasteiger charge is 2.23. The van der Waals surface area contributed by atoms with Gasteiger partial charge >= 0.3 is 0 Å². The Morgan fingerprint density at radius 2 is 1.93 bits per heavy atom. The molecular weight excluding hydrogens is 486 g/mol. The van der Waals surface area contributed by atoms with Crippen molar-refractivity contribution in [1.29, 1.82) is 0 Å². The van der Waals surface area contributed by atoms with Crippen LogP contribution in [0.3, 0.4) is 0 Å². The van der Waals surface area contributed by atoms with E-state index in [9.17, 15) is 22.0 Å². The molecular formula is C16H14BrClF2N2O3S2. The number of carbonyl (C=O) groups is 1. The highest BCUT2D eigenvalue weighted by Crippen LogP contribution is 2.38. The number of nitrogens with one attached hydrogen (secondary N) is 1. The van der Waals surface area contributed by atoms with Crippen LogP contribution < -0.4 is 5.32 Å². The first-order valence-electron chi connectivity index (χ1n) is 7.30. The molecule has 0 unspecified atom stereocenters. The number of amides is 1. The summed E-state index contributed by atoms with van der Waals surface area (Å²) >= 11 is 9.32. The van der Waals surface area contributed by atoms with E-state index in [1.807, 2.05) is 0 Å². The number of nitrogens with zero attached hydrogens (tertiary/aromatic N) is 1. The molecule has 146 valence electrons. The molecule has 1 amide bonds. The molecule has 0 aliphatic rings. The molecule has 27 heavy (non-hydrogen) atoms. The van der Waals surface area contributed by atoms with Crippen molar-refractivity contribution in [2.45, 2.75) is 15.5 Å². The Morgan fingerprint density at radius 3 is 2.52 bits per heavy atom. The van der Waals surface area contributed by atoms with Gasteiger partial charge in [0.1, 0.15) is 0 Å². The highest BCUT2D eigenvalue weighted by molar-refractivity contribution is 9.10. The Morgan fingerprint density at radius 1 is 1.26 bits per heavy atom. The predicted molar refractivity (Wildman–Crippen MR) is 106 cm³/mol. The molecule has 0 saturated carbocycles. The summed E-state index contributed by atoms with van der Waals surface area (Å²) in [7, 11) is -1.05. The van der Waals surface area contributed by atoms with Crippen LogP contribution in [-0.4, -0.2) is 38.5 Å². The number of rotatable bonds is 6. The molecule has 2 aromatic rings. The van der Waals surface area contributed by atoms with E-state index in [4.69, 9.17) is 11.6 Å². The van der Waals surface area contributed by atoms with E-state index < -0.39 is 21.7 Å². The van der Waals surface area contributed by atoms with Gasteiger partial charge in [-0.2, -0.15) is 8.78 Å². The lowest BCUT2D eigenvalue weighted by atomic mass is 10.2. The lowest BCUT2D eigenvalue weighted by Crippen LogP contribution is -2.23. The third-order valence-corrected chi connectivity index (χ3v) is 7.46. The normalized spacial score (nSPS) is 11.9. The summed E-state index contributed by atoms with van der Waals surface area (Å²) in [5.41, 5.74) is 0.157. The Bertz CT molecular complexity index is 972. The second-order valence-corrected chi connectivity index (χ2v) is 9.76. The van der Waals surface area contributed by atoms with E-state index >= 15 is 0 Å². The van der Waals surface area contributed by atoms with Gasteiger partial charge in [-0.3, -0.25) is 4.79 Å². The molecule has 1 N–H and O–H groups in total. The van der Waals surface area contributed by atoms with Crippen LogP contribution in [0.25, 0.3) is 0 Å². The summed E-state index contributed by atoms with van der Waals surface area (Å²) in [5.74, 6) is -3.37. The average Bonchev–Trinajstić information content (AvgIpc) is 2.57. The first-order valence-corrected chi connectivity index (χ1v) is 10.8. The van der Waals surface area contributed by atoms with E-state index in [-0.39, 0.29) is 37.8 Å². The fourth-order valence-electron chi connectivity index (χ4n) is 2.05. The van der Waals surface area contributed by atoms with Crippen molar-refractivity contribution in [2.75, 3.05) is 19.4 Å². The molecule has 0 aromatic heterocycles. The minimum absolute atomic E-state index is 0.0285. The third kappa shape index (κ3) is 5.20. The van der Waals surface area contributed by atoms with Crippen molar-refractivity contribution in [2.24, 2.45) is 0 Å². The molecule has 2 aromatic carbocycles. The summed E-state index contributed by atoms with van der Waals surface area (Å²) in [6.07, 6.45) is 0. The number of sulfonamides is 1. The SMILES string of the molecule is CN(C)S(=O)(=O)c1cc(C(=O)Nc2cccc(Cl)c2SC(F)F)ccc1Br. The lowest BCUT2D eigenvalue weighted by Gasteiger charge is -2.15. The molecule has 0 heterocycles. The average molecular weight is 500 g/mol. The highest BCUT2D eigenvalue weighted by atomic mass is 79.9. The Labute approximate surface area is 173 Å². The van der Waals surface area contributed by atoms with Crippen LogP contribution in [0.2, 0.25) is 5.02 Å². The monoisotopic (exact) mass is 498 g/mol. The molecule has 0 fully saturated rings. The molecule has 11 heteroatoms. The Kier molecular flexibility index (Phi) is 7.26. The van der Waals surface area contributed by atoms with Crippen molar-refractivity contribution in [1.82, 2.24) is 4.31 Å². The van der Waals surface area contributed by atoms with Gasteiger partial charge in [0.05, 0.1) is 20.5 Å². The van der Waals surface area contributed by atoms with E-state index in [2.05, 4.69) is 21.2 Å². The van der Waals surface area contributed by atoms with Crippen LogP contribution in [0.5, 0.6) is 0 Å². The number of carbonyl (C=O) groups excluding carboxylic acids is 1. The summed E-state index contributed by atoms with van der Waals surface area (Å²) < 4.78 is 51.6. The maximum Gasteiger partial charge on any atom is 0.289 e. The second-order valence-electron chi connectivity index (χ2n) is 5.38. The summed E-state index contributed by atoms with van der Waals surface area (Å²) in [6.45, 7) is 0. The van der Waals surface area contributed by atoms with Gasteiger partial charge in [0.2, 0.25) is 10.0 Å². The van der Waals surface area contributed by atoms with Crippen LogP contribution in [0.1, 0.15) is 10.4 Å². The zero-order valence-electron chi connectivity index (χ0n) is 14.0. The molecule has 0 aliphatic heterocycles. The molecule has 0 bridgehead atoms. The van der Waals surface area contributed by atoms with Crippen LogP contribution in [0.4, 0.5) is 14.5 Å². The van der Waals surface area contributed by atoms with E-state index in [0.717, 1.165) is 4.31 Å². The molecule has 0 radical (unpaired) electrons. The minimum Gasteiger partial charge on any atom is -0.321 e. The number of anilines is 1. The van der Waals surface area contributed by atoms with Gasteiger partial charge < -0.3 is 5.32 Å². The summed E-state index contributed by atoms with van der Waals surface area (Å²) in [5, 5.41) is 2.57. The topological polar surface area (TPSA) is 66.5 Å². The van der Waals surface area contributed by atoms with Gasteiger partial charge in [0, 0.05) is 24.1 Å². The maximum absolute atomic E-state index is 12.8. The van der Waals surface area contributed by atoms with Gasteiger partial charge in [-0.15, -0.1) is 0 Å². The summed E-state index contributed by atoms with van der Waals surface area (Å²) in [6, 6.07) is 8.43. The first kappa shape index (κ1) is 22.1. The maximum atomic E-state index is 12.8. The number of alkyl halides is 2. The van der Waals surface area contributed by atoms with Crippen molar-refractivity contribution in [3.8, 4) is 0 Å². The van der Waals surface area contributed by atoms with Crippen LogP contribution >= 0.6 is 39.3 Å². The van der Waals surface area contributed by atoms with E-state index in [1.165, 1.54) is 50.5 Å². The largest absolute Gasteiger partial charge is 0.321 e. The minimum atomic E-state index is -3.79. The fourth-order valence-corrected chi connectivity index (χ4v) is 4.81. The van der Waals surface area contributed by atoms with Crippen molar-refractivity contribution in [3.63, 3.8) is 0 Å².